The summed E-state index contributed by atoms with van der Waals surface area (Å²) < 4.78 is 0. The van der Waals surface area contributed by atoms with Crippen LogP contribution in [-0.4, -0.2) is 23.7 Å². The van der Waals surface area contributed by atoms with Gasteiger partial charge >= 0.3 is 0 Å². The average molecular weight is 140 g/mol. The van der Waals surface area contributed by atoms with Gasteiger partial charge in [-0.25, -0.2) is 5.53 Å². The van der Waals surface area contributed by atoms with Gasteiger partial charge in [0.25, 0.3) is 0 Å². The highest BCUT2D eigenvalue weighted by Crippen LogP contribution is 1.86. The SMILES string of the molecule is NC(=O)CN1C=CC=NN1. The smallest absolute Gasteiger partial charge is 0.239 e. The molecule has 1 aliphatic rings. The third-order valence-corrected chi connectivity index (χ3v) is 0.939. The third-order valence-electron chi connectivity index (χ3n) is 0.939. The summed E-state index contributed by atoms with van der Waals surface area (Å²) in [5.74, 6) is -0.394. The molecule has 0 unspecified atom stereocenters. The van der Waals surface area contributed by atoms with Crippen LogP contribution in [0.5, 0.6) is 0 Å². The Balaban J connectivity index is 2.37. The van der Waals surface area contributed by atoms with Crippen LogP contribution in [0, 0.1) is 0 Å². The van der Waals surface area contributed by atoms with Crippen LogP contribution in [-0.2, 0) is 4.79 Å². The minimum Gasteiger partial charge on any atom is -0.368 e. The molecule has 1 rings (SSSR count). The summed E-state index contributed by atoms with van der Waals surface area (Å²) in [6.07, 6.45) is 4.97. The van der Waals surface area contributed by atoms with Gasteiger partial charge in [-0.3, -0.25) is 9.80 Å². The van der Waals surface area contributed by atoms with Crippen molar-refractivity contribution in [2.45, 2.75) is 0 Å². The molecule has 0 saturated carbocycles. The topological polar surface area (TPSA) is 70.7 Å². The first-order valence-electron chi connectivity index (χ1n) is 2.79. The number of nitrogens with zero attached hydrogens (tertiary/aromatic N) is 2. The predicted octanol–water partition coefficient (Wildman–Crippen LogP) is -1.21. The number of nitrogens with one attached hydrogen (secondary N) is 1. The first-order chi connectivity index (χ1) is 4.79. The van der Waals surface area contributed by atoms with E-state index in [0.29, 0.717) is 0 Å². The van der Waals surface area contributed by atoms with E-state index in [0.717, 1.165) is 0 Å². The second-order valence-corrected chi connectivity index (χ2v) is 1.81. The zero-order valence-corrected chi connectivity index (χ0v) is 5.32. The van der Waals surface area contributed by atoms with Crippen LogP contribution < -0.4 is 11.3 Å². The maximum Gasteiger partial charge on any atom is 0.239 e. The van der Waals surface area contributed by atoms with Gasteiger partial charge in [0.05, 0.1) is 6.21 Å². The number of carbonyl (C=O) groups excluding carboxylic acids is 1. The highest BCUT2D eigenvalue weighted by molar-refractivity contribution is 5.76. The number of nitrogens with two attached hydrogens (primary N) is 1. The fourth-order valence-corrected chi connectivity index (χ4v) is 0.582. The highest BCUT2D eigenvalue weighted by Gasteiger charge is 2.01. The molecule has 5 heteroatoms. The molecule has 0 atom stereocenters. The maximum atomic E-state index is 10.3. The minimum absolute atomic E-state index is 0.133. The number of amides is 1. The van der Waals surface area contributed by atoms with E-state index in [-0.39, 0.29) is 6.54 Å². The van der Waals surface area contributed by atoms with Crippen LogP contribution in [0.3, 0.4) is 0 Å². The molecule has 0 aromatic rings. The molecule has 0 saturated heterocycles. The molecule has 3 N–H and O–H groups in total. The maximum absolute atomic E-state index is 10.3. The van der Waals surface area contributed by atoms with Crippen LogP contribution in [0.2, 0.25) is 0 Å². The fourth-order valence-electron chi connectivity index (χ4n) is 0.582. The summed E-state index contributed by atoms with van der Waals surface area (Å²) in [7, 11) is 0. The molecular weight excluding hydrogens is 132 g/mol. The number of rotatable bonds is 2. The van der Waals surface area contributed by atoms with Crippen molar-refractivity contribution in [3.8, 4) is 0 Å². The Hall–Kier alpha value is -1.52. The summed E-state index contributed by atoms with van der Waals surface area (Å²) in [6, 6.07) is 0. The minimum atomic E-state index is -0.394. The standard InChI is InChI=1S/C5H8N4O/c6-5(10)4-9-3-1-2-7-8-9/h1-3,8H,4H2,(H2,6,10). The summed E-state index contributed by atoms with van der Waals surface area (Å²) in [5.41, 5.74) is 7.48. The lowest BCUT2D eigenvalue weighted by Crippen LogP contribution is -2.38. The fraction of sp³-hybridized carbons (Fsp3) is 0.200. The lowest BCUT2D eigenvalue weighted by molar-refractivity contribution is -0.119. The van der Waals surface area contributed by atoms with E-state index in [2.05, 4.69) is 10.6 Å². The van der Waals surface area contributed by atoms with Crippen molar-refractivity contribution in [3.05, 3.63) is 12.3 Å². The zero-order valence-electron chi connectivity index (χ0n) is 5.32. The predicted molar refractivity (Wildman–Crippen MR) is 36.7 cm³/mol. The number of carbonyl (C=O) groups is 1. The molecule has 0 aromatic heterocycles. The van der Waals surface area contributed by atoms with Crippen LogP contribution in [0.15, 0.2) is 17.4 Å². The Kier molecular flexibility index (Phi) is 1.89. The van der Waals surface area contributed by atoms with Crippen molar-refractivity contribution in [1.82, 2.24) is 10.5 Å². The van der Waals surface area contributed by atoms with Gasteiger partial charge in [-0.1, -0.05) is 0 Å². The molecule has 0 fully saturated rings. The number of hydrogen-bond acceptors (Lipinski definition) is 4. The molecule has 54 valence electrons. The van der Waals surface area contributed by atoms with Crippen LogP contribution in [0.1, 0.15) is 0 Å². The van der Waals surface area contributed by atoms with Crippen molar-refractivity contribution in [3.63, 3.8) is 0 Å². The van der Waals surface area contributed by atoms with Crippen molar-refractivity contribution in [2.75, 3.05) is 6.54 Å². The molecule has 0 radical (unpaired) electrons. The quantitative estimate of drug-likeness (QED) is 0.505. The normalized spacial score (nSPS) is 15.0. The van der Waals surface area contributed by atoms with E-state index < -0.39 is 5.91 Å². The number of hydrazine groups is 1. The van der Waals surface area contributed by atoms with Crippen LogP contribution >= 0.6 is 0 Å². The number of hydrogen-bond donors (Lipinski definition) is 2. The van der Waals surface area contributed by atoms with Gasteiger partial charge in [-0.05, 0) is 6.08 Å². The van der Waals surface area contributed by atoms with Gasteiger partial charge in [-0.2, -0.15) is 5.10 Å². The average Bonchev–Trinajstić information content (AvgIpc) is 1.88. The van der Waals surface area contributed by atoms with E-state index in [1.165, 1.54) is 5.01 Å². The largest absolute Gasteiger partial charge is 0.368 e. The van der Waals surface area contributed by atoms with Gasteiger partial charge in [-0.15, -0.1) is 0 Å². The Bertz CT molecular complexity index is 186. The first kappa shape index (κ1) is 6.60. The van der Waals surface area contributed by atoms with Gasteiger partial charge < -0.3 is 5.73 Å². The molecule has 5 nitrogen and oxygen atoms in total. The third kappa shape index (κ3) is 1.77. The summed E-state index contributed by atoms with van der Waals surface area (Å²) >= 11 is 0. The van der Waals surface area contributed by atoms with Crippen LogP contribution in [0.25, 0.3) is 0 Å². The first-order valence-corrected chi connectivity index (χ1v) is 2.79. The zero-order chi connectivity index (χ0) is 7.40. The van der Waals surface area contributed by atoms with E-state index in [9.17, 15) is 4.79 Å². The Morgan fingerprint density at radius 3 is 3.10 bits per heavy atom. The lowest BCUT2D eigenvalue weighted by Gasteiger charge is -2.18. The lowest BCUT2D eigenvalue weighted by atomic mass is 10.5. The monoisotopic (exact) mass is 140 g/mol. The Labute approximate surface area is 58.2 Å². The number of allylic oxidation sites excluding steroid dienone is 1. The van der Waals surface area contributed by atoms with Crippen LogP contribution in [0.4, 0.5) is 0 Å². The van der Waals surface area contributed by atoms with E-state index in [4.69, 9.17) is 5.73 Å². The van der Waals surface area contributed by atoms with Gasteiger partial charge in [0.1, 0.15) is 6.54 Å². The summed E-state index contributed by atoms with van der Waals surface area (Å²) in [6.45, 7) is 0.133. The van der Waals surface area contributed by atoms with Gasteiger partial charge in [0.2, 0.25) is 5.91 Å². The molecule has 0 bridgehead atoms. The summed E-state index contributed by atoms with van der Waals surface area (Å²) in [5, 5.41) is 5.16. The highest BCUT2D eigenvalue weighted by atomic mass is 16.1. The van der Waals surface area contributed by atoms with Gasteiger partial charge in [0, 0.05) is 6.20 Å². The Morgan fingerprint density at radius 2 is 2.60 bits per heavy atom. The molecule has 0 spiro atoms. The van der Waals surface area contributed by atoms with E-state index >= 15 is 0 Å². The summed E-state index contributed by atoms with van der Waals surface area (Å²) in [4.78, 5) is 10.3. The molecule has 0 aliphatic carbocycles. The second kappa shape index (κ2) is 2.86. The van der Waals surface area contributed by atoms with Crippen molar-refractivity contribution in [2.24, 2.45) is 10.8 Å². The number of primary amides is 1. The molecule has 0 aromatic carbocycles. The molecular formula is C5H8N4O. The van der Waals surface area contributed by atoms with Crippen molar-refractivity contribution in [1.29, 1.82) is 0 Å². The molecule has 10 heavy (non-hydrogen) atoms. The molecule has 1 aliphatic heterocycles. The number of hydrazone groups is 1. The van der Waals surface area contributed by atoms with E-state index in [1.807, 2.05) is 0 Å². The second-order valence-electron chi connectivity index (χ2n) is 1.81. The Morgan fingerprint density at radius 1 is 1.80 bits per heavy atom. The van der Waals surface area contributed by atoms with Crippen molar-refractivity contribution >= 4 is 12.1 Å². The van der Waals surface area contributed by atoms with E-state index in [1.54, 1.807) is 18.5 Å². The van der Waals surface area contributed by atoms with Crippen molar-refractivity contribution < 1.29 is 4.79 Å². The van der Waals surface area contributed by atoms with Gasteiger partial charge in [0.15, 0.2) is 0 Å². The molecule has 1 amide bonds. The molecule has 1 heterocycles.